The molecule has 2 aliphatic rings. The molecular formula is C20H20N2O2. The van der Waals surface area contributed by atoms with Crippen LogP contribution in [0.25, 0.3) is 10.9 Å². The van der Waals surface area contributed by atoms with Gasteiger partial charge in [0, 0.05) is 23.8 Å². The molecule has 0 saturated heterocycles. The van der Waals surface area contributed by atoms with Crippen molar-refractivity contribution in [1.29, 1.82) is 0 Å². The number of aromatic nitrogens is 1. The van der Waals surface area contributed by atoms with Crippen molar-refractivity contribution in [2.75, 3.05) is 20.4 Å². The fourth-order valence-corrected chi connectivity index (χ4v) is 4.16. The van der Waals surface area contributed by atoms with Gasteiger partial charge in [0.15, 0.2) is 11.5 Å². The predicted octanol–water partition coefficient (Wildman–Crippen LogP) is 3.71. The highest BCUT2D eigenvalue weighted by Gasteiger charge is 2.32. The number of ether oxygens (including phenoxy) is 2. The molecule has 0 fully saturated rings. The lowest BCUT2D eigenvalue weighted by molar-refractivity contribution is 0.173. The zero-order valence-corrected chi connectivity index (χ0v) is 14.0. The predicted molar refractivity (Wildman–Crippen MR) is 93.7 cm³/mol. The Morgan fingerprint density at radius 2 is 2.00 bits per heavy atom. The first-order chi connectivity index (χ1) is 11.7. The Labute approximate surface area is 141 Å². The van der Waals surface area contributed by atoms with Crippen molar-refractivity contribution in [3.8, 4) is 11.5 Å². The lowest BCUT2D eigenvalue weighted by Gasteiger charge is -2.37. The Bertz CT molecular complexity index is 944. The SMILES string of the molecule is Cc1c2c(cc3c1[C@@H](n1ccc4ccccc41)N(C)CC3)OCO2. The summed E-state index contributed by atoms with van der Waals surface area (Å²) in [6, 6.07) is 12.9. The van der Waals surface area contributed by atoms with Gasteiger partial charge in [-0.2, -0.15) is 0 Å². The molecule has 4 nitrogen and oxygen atoms in total. The van der Waals surface area contributed by atoms with Crippen molar-refractivity contribution in [1.82, 2.24) is 9.47 Å². The van der Waals surface area contributed by atoms with Crippen LogP contribution in [0.4, 0.5) is 0 Å². The number of hydrogen-bond acceptors (Lipinski definition) is 3. The second-order valence-corrected chi connectivity index (χ2v) is 6.69. The van der Waals surface area contributed by atoms with Crippen molar-refractivity contribution in [3.63, 3.8) is 0 Å². The van der Waals surface area contributed by atoms with Crippen LogP contribution in [0, 0.1) is 6.92 Å². The molecule has 4 heteroatoms. The van der Waals surface area contributed by atoms with Crippen LogP contribution in [-0.4, -0.2) is 29.9 Å². The molecule has 0 N–H and O–H groups in total. The van der Waals surface area contributed by atoms with E-state index in [1.807, 2.05) is 0 Å². The summed E-state index contributed by atoms with van der Waals surface area (Å²) in [5, 5.41) is 1.27. The minimum atomic E-state index is 0.183. The topological polar surface area (TPSA) is 26.6 Å². The van der Waals surface area contributed by atoms with Gasteiger partial charge in [-0.25, -0.2) is 0 Å². The van der Waals surface area contributed by atoms with Crippen LogP contribution < -0.4 is 9.47 Å². The maximum Gasteiger partial charge on any atom is 0.231 e. The minimum Gasteiger partial charge on any atom is -0.454 e. The van der Waals surface area contributed by atoms with Gasteiger partial charge in [0.05, 0.1) is 0 Å². The van der Waals surface area contributed by atoms with E-state index in [-0.39, 0.29) is 6.17 Å². The quantitative estimate of drug-likeness (QED) is 0.684. The van der Waals surface area contributed by atoms with Gasteiger partial charge in [0.2, 0.25) is 6.79 Å². The smallest absolute Gasteiger partial charge is 0.231 e. The maximum absolute atomic E-state index is 5.73. The van der Waals surface area contributed by atoms with Crippen LogP contribution >= 0.6 is 0 Å². The van der Waals surface area contributed by atoms with E-state index in [4.69, 9.17) is 9.47 Å². The van der Waals surface area contributed by atoms with Crippen molar-refractivity contribution in [2.24, 2.45) is 0 Å². The summed E-state index contributed by atoms with van der Waals surface area (Å²) in [7, 11) is 2.20. The third-order valence-electron chi connectivity index (χ3n) is 5.34. The van der Waals surface area contributed by atoms with Gasteiger partial charge in [-0.05, 0) is 55.1 Å². The molecule has 0 saturated carbocycles. The summed E-state index contributed by atoms with van der Waals surface area (Å²) in [5.41, 5.74) is 5.19. The van der Waals surface area contributed by atoms with Crippen LogP contribution in [0.3, 0.4) is 0 Å². The Hall–Kier alpha value is -2.46. The molecular weight excluding hydrogens is 300 g/mol. The summed E-state index contributed by atoms with van der Waals surface area (Å²) in [6.07, 6.45) is 3.42. The summed E-state index contributed by atoms with van der Waals surface area (Å²) >= 11 is 0. The fourth-order valence-electron chi connectivity index (χ4n) is 4.16. The summed E-state index contributed by atoms with van der Waals surface area (Å²) < 4.78 is 13.7. The molecule has 24 heavy (non-hydrogen) atoms. The second-order valence-electron chi connectivity index (χ2n) is 6.69. The van der Waals surface area contributed by atoms with Gasteiger partial charge < -0.3 is 14.0 Å². The van der Waals surface area contributed by atoms with Gasteiger partial charge in [0.25, 0.3) is 0 Å². The molecule has 0 unspecified atom stereocenters. The zero-order chi connectivity index (χ0) is 16.3. The lowest BCUT2D eigenvalue weighted by atomic mass is 9.91. The highest BCUT2D eigenvalue weighted by molar-refractivity contribution is 5.80. The van der Waals surface area contributed by atoms with Gasteiger partial charge in [-0.1, -0.05) is 18.2 Å². The van der Waals surface area contributed by atoms with Crippen molar-refractivity contribution in [2.45, 2.75) is 19.5 Å². The number of benzene rings is 2. The third-order valence-corrected chi connectivity index (χ3v) is 5.34. The molecule has 3 heterocycles. The third kappa shape index (κ3) is 1.83. The normalized spacial score (nSPS) is 19.7. The highest BCUT2D eigenvalue weighted by Crippen LogP contribution is 2.44. The van der Waals surface area contributed by atoms with E-state index in [1.165, 1.54) is 27.6 Å². The molecule has 0 spiro atoms. The van der Waals surface area contributed by atoms with E-state index in [1.54, 1.807) is 0 Å². The Kier molecular flexibility index (Phi) is 2.91. The molecule has 1 atom stereocenters. The van der Waals surface area contributed by atoms with E-state index in [2.05, 4.69) is 66.0 Å². The molecule has 0 amide bonds. The van der Waals surface area contributed by atoms with Gasteiger partial charge in [-0.15, -0.1) is 0 Å². The van der Waals surface area contributed by atoms with Crippen LogP contribution in [0.5, 0.6) is 11.5 Å². The molecule has 122 valence electrons. The first-order valence-corrected chi connectivity index (χ1v) is 8.42. The van der Waals surface area contributed by atoms with Crippen LogP contribution in [0.15, 0.2) is 42.6 Å². The number of hydrogen-bond donors (Lipinski definition) is 0. The largest absolute Gasteiger partial charge is 0.454 e. The molecule has 1 aromatic heterocycles. The van der Waals surface area contributed by atoms with Gasteiger partial charge in [0.1, 0.15) is 6.17 Å². The summed E-state index contributed by atoms with van der Waals surface area (Å²) in [4.78, 5) is 2.42. The summed E-state index contributed by atoms with van der Waals surface area (Å²) in [5.74, 6) is 1.80. The van der Waals surface area contributed by atoms with Crippen molar-refractivity contribution in [3.05, 3.63) is 59.3 Å². The molecule has 2 aliphatic heterocycles. The van der Waals surface area contributed by atoms with Crippen LogP contribution in [0.2, 0.25) is 0 Å². The van der Waals surface area contributed by atoms with Gasteiger partial charge in [-0.3, -0.25) is 4.90 Å². The average Bonchev–Trinajstić information content (AvgIpc) is 3.22. The molecule has 0 radical (unpaired) electrons. The van der Waals surface area contributed by atoms with E-state index < -0.39 is 0 Å². The number of nitrogens with zero attached hydrogens (tertiary/aromatic N) is 2. The molecule has 0 aliphatic carbocycles. The molecule has 0 bridgehead atoms. The van der Waals surface area contributed by atoms with Crippen LogP contribution in [0.1, 0.15) is 22.9 Å². The number of para-hydroxylation sites is 1. The van der Waals surface area contributed by atoms with Crippen molar-refractivity contribution >= 4 is 10.9 Å². The molecule has 2 aromatic carbocycles. The Balaban J connectivity index is 1.76. The molecule has 5 rings (SSSR count). The van der Waals surface area contributed by atoms with Crippen molar-refractivity contribution < 1.29 is 9.47 Å². The monoisotopic (exact) mass is 320 g/mol. The van der Waals surface area contributed by atoms with E-state index in [9.17, 15) is 0 Å². The first-order valence-electron chi connectivity index (χ1n) is 8.42. The number of rotatable bonds is 1. The molecule has 3 aromatic rings. The Morgan fingerprint density at radius 3 is 2.92 bits per heavy atom. The highest BCUT2D eigenvalue weighted by atomic mass is 16.7. The average molecular weight is 320 g/mol. The lowest BCUT2D eigenvalue weighted by Crippen LogP contribution is -2.36. The van der Waals surface area contributed by atoms with Crippen LogP contribution in [-0.2, 0) is 6.42 Å². The Morgan fingerprint density at radius 1 is 1.12 bits per heavy atom. The van der Waals surface area contributed by atoms with E-state index in [0.29, 0.717) is 6.79 Å². The summed E-state index contributed by atoms with van der Waals surface area (Å²) in [6.45, 7) is 3.51. The standard InChI is InChI=1S/C20H20N2O2/c1-13-18-15(11-17-19(13)24-12-23-17)7-9-21(2)20(18)22-10-8-14-5-3-4-6-16(14)22/h3-6,8,10-11,20H,7,9,12H2,1-2H3/t20-/m1/s1. The zero-order valence-electron chi connectivity index (χ0n) is 14.0. The fraction of sp³-hybridized carbons (Fsp3) is 0.300. The maximum atomic E-state index is 5.73. The number of likely N-dealkylation sites (N-methyl/N-ethyl adjacent to an activating group) is 1. The van der Waals surface area contributed by atoms with E-state index in [0.717, 1.165) is 24.5 Å². The first kappa shape index (κ1) is 13.9. The van der Waals surface area contributed by atoms with E-state index >= 15 is 0 Å². The number of fused-ring (bicyclic) bond motifs is 3. The second kappa shape index (κ2) is 5.02. The minimum absolute atomic E-state index is 0.183. The van der Waals surface area contributed by atoms with Gasteiger partial charge >= 0.3 is 0 Å².